The van der Waals surface area contributed by atoms with E-state index in [1.165, 1.54) is 5.56 Å². The van der Waals surface area contributed by atoms with Crippen LogP contribution in [0.5, 0.6) is 5.75 Å². The number of benzene rings is 1. The van der Waals surface area contributed by atoms with Crippen LogP contribution < -0.4 is 4.74 Å². The van der Waals surface area contributed by atoms with Gasteiger partial charge in [-0.15, -0.1) is 0 Å². The topological polar surface area (TPSA) is 63.5 Å². The lowest BCUT2D eigenvalue weighted by Crippen LogP contribution is -2.50. The number of nitrogens with zero attached hydrogens (tertiary/aromatic N) is 5. The Morgan fingerprint density at radius 2 is 1.61 bits per heavy atom. The number of ether oxygens (including phenoxy) is 1. The summed E-state index contributed by atoms with van der Waals surface area (Å²) in [5.41, 5.74) is 1.94. The predicted octanol–water partition coefficient (Wildman–Crippen LogP) is 3.47. The van der Waals surface area contributed by atoms with Gasteiger partial charge in [0.25, 0.3) is 5.91 Å². The van der Waals surface area contributed by atoms with Crippen LogP contribution in [0.25, 0.3) is 0 Å². The molecule has 4 heterocycles. The summed E-state index contributed by atoms with van der Waals surface area (Å²) in [5.74, 6) is 1.05. The molecule has 0 N–H and O–H groups in total. The molecule has 2 aromatic heterocycles. The molecule has 5 rings (SSSR count). The van der Waals surface area contributed by atoms with Crippen molar-refractivity contribution in [3.05, 3.63) is 78.6 Å². The summed E-state index contributed by atoms with van der Waals surface area (Å²) >= 11 is 0. The lowest BCUT2D eigenvalue weighted by atomic mass is 9.98. The molecule has 0 atom stereocenters. The summed E-state index contributed by atoms with van der Waals surface area (Å²) in [5, 5.41) is 0. The summed E-state index contributed by atoms with van der Waals surface area (Å²) in [7, 11) is 0. The van der Waals surface area contributed by atoms with E-state index in [1.807, 2.05) is 52.1 Å². The Kier molecular flexibility index (Phi) is 6.67. The van der Waals surface area contributed by atoms with Crippen LogP contribution in [0.15, 0.2) is 67.5 Å². The first kappa shape index (κ1) is 21.6. The molecule has 0 radical (unpaired) electrons. The second kappa shape index (κ2) is 10.2. The highest BCUT2D eigenvalue weighted by Gasteiger charge is 2.30. The Morgan fingerprint density at radius 1 is 0.879 bits per heavy atom. The number of carbonyl (C=O) groups is 1. The van der Waals surface area contributed by atoms with Gasteiger partial charge in [-0.25, -0.2) is 4.98 Å². The van der Waals surface area contributed by atoms with E-state index in [2.05, 4.69) is 14.9 Å². The van der Waals surface area contributed by atoms with Crippen LogP contribution in [0.3, 0.4) is 0 Å². The minimum Gasteiger partial charge on any atom is -0.490 e. The molecule has 0 unspecified atom stereocenters. The number of pyridine rings is 1. The molecule has 0 spiro atoms. The number of rotatable bonds is 6. The van der Waals surface area contributed by atoms with E-state index >= 15 is 0 Å². The second-order valence-electron chi connectivity index (χ2n) is 8.99. The maximum atomic E-state index is 13.0. The van der Waals surface area contributed by atoms with Gasteiger partial charge < -0.3 is 14.2 Å². The molecule has 3 aromatic rings. The van der Waals surface area contributed by atoms with Gasteiger partial charge in [0, 0.05) is 69.1 Å². The molecule has 0 saturated carbocycles. The third-order valence-corrected chi connectivity index (χ3v) is 6.82. The molecular weight excluding hydrogens is 414 g/mol. The third-order valence-electron chi connectivity index (χ3n) is 6.82. The summed E-state index contributed by atoms with van der Waals surface area (Å²) in [6, 6.07) is 12.4. The van der Waals surface area contributed by atoms with Crippen molar-refractivity contribution in [3.63, 3.8) is 0 Å². The normalized spacial score (nSPS) is 18.4. The Morgan fingerprint density at radius 3 is 2.27 bits per heavy atom. The zero-order valence-corrected chi connectivity index (χ0v) is 18.9. The van der Waals surface area contributed by atoms with Gasteiger partial charge in [-0.3, -0.25) is 14.7 Å². The molecule has 2 fully saturated rings. The number of imidazole rings is 1. The van der Waals surface area contributed by atoms with E-state index in [4.69, 9.17) is 4.74 Å². The van der Waals surface area contributed by atoms with Crippen LogP contribution in [-0.2, 0) is 6.54 Å². The summed E-state index contributed by atoms with van der Waals surface area (Å²) < 4.78 is 8.13. The summed E-state index contributed by atoms with van der Waals surface area (Å²) in [6.45, 7) is 4.55. The number of likely N-dealkylation sites (tertiary alicyclic amines) is 2. The van der Waals surface area contributed by atoms with Crippen LogP contribution in [0.1, 0.15) is 41.6 Å². The molecule has 0 bridgehead atoms. The quantitative estimate of drug-likeness (QED) is 0.581. The zero-order valence-electron chi connectivity index (χ0n) is 18.9. The highest BCUT2D eigenvalue weighted by atomic mass is 16.5. The van der Waals surface area contributed by atoms with Crippen LogP contribution in [0, 0.1) is 0 Å². The van der Waals surface area contributed by atoms with E-state index in [9.17, 15) is 4.79 Å². The molecule has 1 amide bonds. The van der Waals surface area contributed by atoms with Crippen LogP contribution in [-0.4, -0.2) is 68.6 Å². The first-order valence-corrected chi connectivity index (χ1v) is 11.9. The van der Waals surface area contributed by atoms with Gasteiger partial charge >= 0.3 is 0 Å². The Labute approximate surface area is 195 Å². The van der Waals surface area contributed by atoms with E-state index in [0.29, 0.717) is 6.04 Å². The first-order valence-electron chi connectivity index (χ1n) is 11.9. The maximum absolute atomic E-state index is 13.0. The lowest BCUT2D eigenvalue weighted by molar-refractivity contribution is 0.0425. The van der Waals surface area contributed by atoms with E-state index < -0.39 is 0 Å². The molecule has 2 aliphatic rings. The van der Waals surface area contributed by atoms with Gasteiger partial charge in [0.1, 0.15) is 11.9 Å². The van der Waals surface area contributed by atoms with Gasteiger partial charge in [-0.1, -0.05) is 12.1 Å². The van der Waals surface area contributed by atoms with Crippen molar-refractivity contribution in [1.82, 2.24) is 24.3 Å². The number of piperidine rings is 2. The van der Waals surface area contributed by atoms with Gasteiger partial charge in [0.2, 0.25) is 0 Å². The Hall–Kier alpha value is -3.19. The minimum absolute atomic E-state index is 0.145. The monoisotopic (exact) mass is 445 g/mol. The van der Waals surface area contributed by atoms with Gasteiger partial charge in [0.05, 0.1) is 6.33 Å². The number of carbonyl (C=O) groups excluding carboxylic acids is 1. The minimum atomic E-state index is 0.145. The molecule has 7 nitrogen and oxygen atoms in total. The van der Waals surface area contributed by atoms with Crippen molar-refractivity contribution < 1.29 is 9.53 Å². The van der Waals surface area contributed by atoms with Gasteiger partial charge in [-0.05, 0) is 55.5 Å². The SMILES string of the molecule is O=C(c1ccc(Cn2ccnc2)cc1)N1CCC(N2CCC(Oc3ccncc3)CC2)CC1. The van der Waals surface area contributed by atoms with Crippen LogP contribution in [0.4, 0.5) is 0 Å². The maximum Gasteiger partial charge on any atom is 0.253 e. The number of hydrogen-bond acceptors (Lipinski definition) is 5. The summed E-state index contributed by atoms with van der Waals surface area (Å²) in [6.07, 6.45) is 13.5. The van der Waals surface area contributed by atoms with E-state index in [1.54, 1.807) is 24.9 Å². The number of amides is 1. The van der Waals surface area contributed by atoms with Gasteiger partial charge in [-0.2, -0.15) is 0 Å². The average molecular weight is 446 g/mol. The molecule has 172 valence electrons. The predicted molar refractivity (Wildman–Crippen MR) is 126 cm³/mol. The smallest absolute Gasteiger partial charge is 0.253 e. The average Bonchev–Trinajstić information content (AvgIpc) is 3.38. The number of hydrogen-bond donors (Lipinski definition) is 0. The molecule has 2 saturated heterocycles. The van der Waals surface area contributed by atoms with Crippen molar-refractivity contribution >= 4 is 5.91 Å². The fourth-order valence-corrected chi connectivity index (χ4v) is 4.93. The second-order valence-corrected chi connectivity index (χ2v) is 8.99. The molecule has 0 aliphatic carbocycles. The van der Waals surface area contributed by atoms with Gasteiger partial charge in [0.15, 0.2) is 0 Å². The van der Waals surface area contributed by atoms with Crippen molar-refractivity contribution in [1.29, 1.82) is 0 Å². The molecule has 1 aromatic carbocycles. The van der Waals surface area contributed by atoms with Crippen molar-refractivity contribution in [3.8, 4) is 5.75 Å². The van der Waals surface area contributed by atoms with Crippen LogP contribution in [0.2, 0.25) is 0 Å². The molecule has 33 heavy (non-hydrogen) atoms. The Balaban J connectivity index is 1.07. The first-order chi connectivity index (χ1) is 16.2. The molecule has 7 heteroatoms. The molecular formula is C26H31N5O2. The highest BCUT2D eigenvalue weighted by Crippen LogP contribution is 2.24. The fraction of sp³-hybridized carbons (Fsp3) is 0.423. The molecule has 2 aliphatic heterocycles. The lowest BCUT2D eigenvalue weighted by Gasteiger charge is -2.41. The van der Waals surface area contributed by atoms with E-state index in [-0.39, 0.29) is 12.0 Å². The summed E-state index contributed by atoms with van der Waals surface area (Å²) in [4.78, 5) is 25.7. The fourth-order valence-electron chi connectivity index (χ4n) is 4.93. The zero-order chi connectivity index (χ0) is 22.5. The van der Waals surface area contributed by atoms with Crippen molar-refractivity contribution in [2.45, 2.75) is 44.4 Å². The van der Waals surface area contributed by atoms with Crippen molar-refractivity contribution in [2.75, 3.05) is 26.2 Å². The van der Waals surface area contributed by atoms with Crippen LogP contribution >= 0.6 is 0 Å². The van der Waals surface area contributed by atoms with Crippen molar-refractivity contribution in [2.24, 2.45) is 0 Å². The number of aromatic nitrogens is 3. The third kappa shape index (κ3) is 5.42. The van der Waals surface area contributed by atoms with E-state index in [0.717, 1.165) is 69.7 Å². The Bertz CT molecular complexity index is 1010. The largest absolute Gasteiger partial charge is 0.490 e. The standard InChI is InChI=1S/C26H31N5O2/c32-26(22-3-1-21(2-4-22)19-29-18-13-28-20-29)31-14-7-23(8-15-31)30-16-9-25(10-17-30)33-24-5-11-27-12-6-24/h1-6,11-13,18,20,23,25H,7-10,14-17,19H2. The highest BCUT2D eigenvalue weighted by molar-refractivity contribution is 5.94.